The number of rotatable bonds is 4. The van der Waals surface area contributed by atoms with Crippen molar-refractivity contribution in [1.29, 1.82) is 0 Å². The highest BCUT2D eigenvalue weighted by molar-refractivity contribution is 7.13. The van der Waals surface area contributed by atoms with Crippen LogP contribution in [0.5, 0.6) is 0 Å². The predicted octanol–water partition coefficient (Wildman–Crippen LogP) is 1.42. The monoisotopic (exact) mass is 305 g/mol. The molecular weight excluding hydrogens is 286 g/mol. The van der Waals surface area contributed by atoms with Gasteiger partial charge in [-0.25, -0.2) is 4.98 Å². The summed E-state index contributed by atoms with van der Waals surface area (Å²) in [5.41, 5.74) is 1.05. The van der Waals surface area contributed by atoms with Crippen molar-refractivity contribution in [3.63, 3.8) is 0 Å². The lowest BCUT2D eigenvalue weighted by molar-refractivity contribution is -0.123. The number of aromatic nitrogens is 1. The molecule has 1 heterocycles. The molecule has 2 fully saturated rings. The Bertz CT molecular complexity index is 590. The van der Waals surface area contributed by atoms with E-state index in [1.165, 1.54) is 16.2 Å². The zero-order chi connectivity index (χ0) is 14.4. The fraction of sp³-hybridized carbons (Fsp3) is 0.667. The van der Waals surface area contributed by atoms with Gasteiger partial charge in [-0.2, -0.15) is 0 Å². The van der Waals surface area contributed by atoms with Gasteiger partial charge >= 0.3 is 0 Å². The summed E-state index contributed by atoms with van der Waals surface area (Å²) in [7, 11) is 0. The Labute approximate surface area is 127 Å². The van der Waals surface area contributed by atoms with Gasteiger partial charge in [-0.15, -0.1) is 11.3 Å². The Morgan fingerprint density at radius 3 is 2.57 bits per heavy atom. The topological polar surface area (TPSA) is 71.1 Å². The zero-order valence-electron chi connectivity index (χ0n) is 11.9. The zero-order valence-corrected chi connectivity index (χ0v) is 12.7. The van der Waals surface area contributed by atoms with Gasteiger partial charge < -0.3 is 10.6 Å². The molecule has 0 saturated heterocycles. The SMILES string of the molecule is O=C(NC1CC1)c1nc2c(s1)CC(NC(=O)C1CC1)CC2. The first-order valence-electron chi connectivity index (χ1n) is 7.79. The standard InChI is InChI=1S/C15H19N3O2S/c19-13(8-1-2-8)17-10-5-6-11-12(7-10)21-15(18-11)14(20)16-9-3-4-9/h8-10H,1-7H2,(H,16,20)(H,17,19). The summed E-state index contributed by atoms with van der Waals surface area (Å²) in [6.45, 7) is 0. The van der Waals surface area contributed by atoms with Crippen LogP contribution in [0.1, 0.15) is 52.5 Å². The van der Waals surface area contributed by atoms with Crippen LogP contribution in [0.25, 0.3) is 0 Å². The van der Waals surface area contributed by atoms with Crippen LogP contribution in [0.2, 0.25) is 0 Å². The van der Waals surface area contributed by atoms with Crippen LogP contribution >= 0.6 is 11.3 Å². The molecule has 1 aromatic rings. The van der Waals surface area contributed by atoms with Gasteiger partial charge in [0.1, 0.15) is 0 Å². The minimum absolute atomic E-state index is 0.0320. The number of hydrogen-bond acceptors (Lipinski definition) is 4. The molecule has 112 valence electrons. The average Bonchev–Trinajstić information content (AvgIpc) is 3.36. The number of amides is 2. The number of aryl methyl sites for hydroxylation is 1. The highest BCUT2D eigenvalue weighted by atomic mass is 32.1. The molecular formula is C15H19N3O2S. The summed E-state index contributed by atoms with van der Waals surface area (Å²) in [5, 5.41) is 6.71. The van der Waals surface area contributed by atoms with E-state index in [9.17, 15) is 9.59 Å². The van der Waals surface area contributed by atoms with E-state index < -0.39 is 0 Å². The first kappa shape index (κ1) is 13.2. The Morgan fingerprint density at radius 1 is 1.05 bits per heavy atom. The largest absolute Gasteiger partial charge is 0.353 e. The normalized spacial score (nSPS) is 24.3. The molecule has 5 nitrogen and oxygen atoms in total. The van der Waals surface area contributed by atoms with Crippen LogP contribution in [0.4, 0.5) is 0 Å². The second-order valence-corrected chi connectivity index (χ2v) is 7.44. The molecule has 0 aromatic carbocycles. The molecule has 6 heteroatoms. The smallest absolute Gasteiger partial charge is 0.280 e. The van der Waals surface area contributed by atoms with E-state index in [4.69, 9.17) is 0 Å². The Hall–Kier alpha value is -1.43. The van der Waals surface area contributed by atoms with E-state index in [2.05, 4.69) is 15.6 Å². The lowest BCUT2D eigenvalue weighted by Crippen LogP contribution is -2.39. The molecule has 2 amide bonds. The Morgan fingerprint density at radius 2 is 1.86 bits per heavy atom. The van der Waals surface area contributed by atoms with Gasteiger partial charge in [0.15, 0.2) is 5.01 Å². The third kappa shape index (κ3) is 2.95. The fourth-order valence-corrected chi connectivity index (χ4v) is 3.83. The van der Waals surface area contributed by atoms with Crippen LogP contribution in [-0.2, 0) is 17.6 Å². The van der Waals surface area contributed by atoms with Gasteiger partial charge in [-0.05, 0) is 38.5 Å². The first-order valence-corrected chi connectivity index (χ1v) is 8.60. The van der Waals surface area contributed by atoms with Gasteiger partial charge in [-0.1, -0.05) is 0 Å². The molecule has 0 radical (unpaired) electrons. The van der Waals surface area contributed by atoms with Gasteiger partial charge in [0.25, 0.3) is 5.91 Å². The van der Waals surface area contributed by atoms with Gasteiger partial charge in [0.2, 0.25) is 5.91 Å². The first-order chi connectivity index (χ1) is 10.2. The van der Waals surface area contributed by atoms with E-state index >= 15 is 0 Å². The van der Waals surface area contributed by atoms with Crippen molar-refractivity contribution in [3.05, 3.63) is 15.6 Å². The number of hydrogen-bond donors (Lipinski definition) is 2. The van der Waals surface area contributed by atoms with Crippen molar-refractivity contribution in [2.24, 2.45) is 5.92 Å². The van der Waals surface area contributed by atoms with Crippen molar-refractivity contribution < 1.29 is 9.59 Å². The molecule has 21 heavy (non-hydrogen) atoms. The quantitative estimate of drug-likeness (QED) is 0.884. The van der Waals surface area contributed by atoms with E-state index in [0.717, 1.165) is 50.6 Å². The molecule has 2 N–H and O–H groups in total. The summed E-state index contributed by atoms with van der Waals surface area (Å²) >= 11 is 1.49. The maximum atomic E-state index is 12.0. The Balaban J connectivity index is 1.41. The summed E-state index contributed by atoms with van der Waals surface area (Å²) in [6.07, 6.45) is 6.86. The van der Waals surface area contributed by atoms with Gasteiger partial charge in [0.05, 0.1) is 5.69 Å². The fourth-order valence-electron chi connectivity index (χ4n) is 2.73. The third-order valence-corrected chi connectivity index (χ3v) is 5.46. The molecule has 1 atom stereocenters. The van der Waals surface area contributed by atoms with Crippen LogP contribution in [0, 0.1) is 5.92 Å². The molecule has 0 aliphatic heterocycles. The molecule has 0 bridgehead atoms. The number of nitrogens with zero attached hydrogens (tertiary/aromatic N) is 1. The maximum Gasteiger partial charge on any atom is 0.280 e. The van der Waals surface area contributed by atoms with Crippen molar-refractivity contribution in [1.82, 2.24) is 15.6 Å². The number of nitrogens with one attached hydrogen (secondary N) is 2. The molecule has 1 aromatic heterocycles. The summed E-state index contributed by atoms with van der Waals surface area (Å²) in [6, 6.07) is 0.578. The van der Waals surface area contributed by atoms with Crippen LogP contribution < -0.4 is 10.6 Å². The Kier molecular flexibility index (Phi) is 3.21. The lowest BCUT2D eigenvalue weighted by Gasteiger charge is -2.22. The predicted molar refractivity (Wildman–Crippen MR) is 79.3 cm³/mol. The van der Waals surface area contributed by atoms with Crippen LogP contribution in [0.15, 0.2) is 0 Å². The second kappa shape index (κ2) is 5.09. The minimum Gasteiger partial charge on any atom is -0.353 e. The average molecular weight is 305 g/mol. The van der Waals surface area contributed by atoms with Crippen molar-refractivity contribution in [2.75, 3.05) is 0 Å². The highest BCUT2D eigenvalue weighted by Gasteiger charge is 2.33. The molecule has 3 aliphatic carbocycles. The molecule has 0 spiro atoms. The summed E-state index contributed by atoms with van der Waals surface area (Å²) in [5.74, 6) is 0.433. The summed E-state index contributed by atoms with van der Waals surface area (Å²) in [4.78, 5) is 29.5. The number of carbonyl (C=O) groups excluding carboxylic acids is 2. The highest BCUT2D eigenvalue weighted by Crippen LogP contribution is 2.31. The van der Waals surface area contributed by atoms with E-state index in [0.29, 0.717) is 11.0 Å². The maximum absolute atomic E-state index is 12.0. The minimum atomic E-state index is -0.0320. The van der Waals surface area contributed by atoms with E-state index in [1.54, 1.807) is 0 Å². The van der Waals surface area contributed by atoms with Crippen LogP contribution in [0.3, 0.4) is 0 Å². The number of thiazole rings is 1. The van der Waals surface area contributed by atoms with Gasteiger partial charge in [-0.3, -0.25) is 9.59 Å². The van der Waals surface area contributed by atoms with E-state index in [1.807, 2.05) is 0 Å². The summed E-state index contributed by atoms with van der Waals surface area (Å²) < 4.78 is 0. The molecule has 1 unspecified atom stereocenters. The second-order valence-electron chi connectivity index (χ2n) is 6.36. The lowest BCUT2D eigenvalue weighted by atomic mass is 9.97. The third-order valence-electron chi connectivity index (χ3n) is 4.34. The van der Waals surface area contributed by atoms with E-state index in [-0.39, 0.29) is 23.8 Å². The molecule has 2 saturated carbocycles. The van der Waals surface area contributed by atoms with Crippen molar-refractivity contribution in [3.8, 4) is 0 Å². The molecule has 4 rings (SSSR count). The number of fused-ring (bicyclic) bond motifs is 1. The van der Waals surface area contributed by atoms with Crippen LogP contribution in [-0.4, -0.2) is 28.9 Å². The number of carbonyl (C=O) groups is 2. The van der Waals surface area contributed by atoms with Crippen molar-refractivity contribution >= 4 is 23.2 Å². The molecule has 3 aliphatic rings. The van der Waals surface area contributed by atoms with Crippen molar-refractivity contribution in [2.45, 2.75) is 57.0 Å². The van der Waals surface area contributed by atoms with Gasteiger partial charge in [0, 0.05) is 29.3 Å².